The van der Waals surface area contributed by atoms with E-state index in [9.17, 15) is 14.0 Å². The average molecular weight is 380 g/mol. The van der Waals surface area contributed by atoms with Crippen molar-refractivity contribution < 1.29 is 23.5 Å². The summed E-state index contributed by atoms with van der Waals surface area (Å²) in [7, 11) is 0. The Kier molecular flexibility index (Phi) is 6.97. The van der Waals surface area contributed by atoms with Crippen molar-refractivity contribution in [3.63, 3.8) is 0 Å². The van der Waals surface area contributed by atoms with E-state index in [1.54, 1.807) is 24.3 Å². The van der Waals surface area contributed by atoms with Crippen LogP contribution in [0.15, 0.2) is 42.5 Å². The van der Waals surface area contributed by atoms with Crippen molar-refractivity contribution >= 4 is 23.5 Å². The zero-order valence-electron chi connectivity index (χ0n) is 14.4. The number of carbonyl (C=O) groups is 2. The quantitative estimate of drug-likeness (QED) is 0.749. The number of nitrogens with one attached hydrogen (secondary N) is 1. The standard InChI is InChI=1S/C19H19ClFNO4/c1-12-3-8-16(20)17(9-12)25-11-18(23)26-13(2)19(24)22-10-14-4-6-15(21)7-5-14/h3-9,13H,10-11H2,1-2H3,(H,22,24)/t13-/m0/s1. The van der Waals surface area contributed by atoms with Crippen LogP contribution >= 0.6 is 11.6 Å². The fourth-order valence-corrected chi connectivity index (χ4v) is 2.25. The van der Waals surface area contributed by atoms with Crippen LogP contribution in [0.3, 0.4) is 0 Å². The molecular weight excluding hydrogens is 361 g/mol. The van der Waals surface area contributed by atoms with Gasteiger partial charge in [0.05, 0.1) is 5.02 Å². The summed E-state index contributed by atoms with van der Waals surface area (Å²) in [6.45, 7) is 3.17. The van der Waals surface area contributed by atoms with Gasteiger partial charge < -0.3 is 14.8 Å². The van der Waals surface area contributed by atoms with E-state index in [1.807, 2.05) is 13.0 Å². The van der Waals surface area contributed by atoms with Crippen LogP contribution in [0.5, 0.6) is 5.75 Å². The number of carbonyl (C=O) groups excluding carboxylic acids is 2. The molecule has 0 aliphatic heterocycles. The first-order chi connectivity index (χ1) is 12.3. The molecule has 0 fully saturated rings. The smallest absolute Gasteiger partial charge is 0.344 e. The van der Waals surface area contributed by atoms with Crippen molar-refractivity contribution in [1.29, 1.82) is 0 Å². The minimum absolute atomic E-state index is 0.205. The maximum atomic E-state index is 12.8. The van der Waals surface area contributed by atoms with Crippen LogP contribution in [-0.4, -0.2) is 24.6 Å². The number of amides is 1. The third-order valence-corrected chi connectivity index (χ3v) is 3.80. The Bertz CT molecular complexity index is 780. The van der Waals surface area contributed by atoms with Gasteiger partial charge in [-0.25, -0.2) is 9.18 Å². The lowest BCUT2D eigenvalue weighted by Gasteiger charge is -2.14. The van der Waals surface area contributed by atoms with Gasteiger partial charge in [-0.1, -0.05) is 29.8 Å². The van der Waals surface area contributed by atoms with Gasteiger partial charge in [0, 0.05) is 6.54 Å². The summed E-state index contributed by atoms with van der Waals surface area (Å²) in [5.74, 6) is -1.13. The molecule has 26 heavy (non-hydrogen) atoms. The van der Waals surface area contributed by atoms with Crippen molar-refractivity contribution in [3.8, 4) is 5.75 Å². The van der Waals surface area contributed by atoms with Gasteiger partial charge in [-0.15, -0.1) is 0 Å². The third kappa shape index (κ3) is 6.04. The minimum atomic E-state index is -0.987. The highest BCUT2D eigenvalue weighted by atomic mass is 35.5. The summed E-state index contributed by atoms with van der Waals surface area (Å²) in [6, 6.07) is 10.9. The van der Waals surface area contributed by atoms with Gasteiger partial charge >= 0.3 is 5.97 Å². The highest BCUT2D eigenvalue weighted by Gasteiger charge is 2.18. The molecule has 7 heteroatoms. The van der Waals surface area contributed by atoms with E-state index >= 15 is 0 Å². The summed E-state index contributed by atoms with van der Waals surface area (Å²) in [6.07, 6.45) is -0.987. The largest absolute Gasteiger partial charge is 0.480 e. The van der Waals surface area contributed by atoms with Crippen molar-refractivity contribution in [3.05, 3.63) is 64.4 Å². The number of benzene rings is 2. The fraction of sp³-hybridized carbons (Fsp3) is 0.263. The van der Waals surface area contributed by atoms with Gasteiger partial charge in [-0.3, -0.25) is 4.79 Å². The number of esters is 1. The highest BCUT2D eigenvalue weighted by molar-refractivity contribution is 6.32. The van der Waals surface area contributed by atoms with E-state index in [0.717, 1.165) is 11.1 Å². The van der Waals surface area contributed by atoms with Crippen LogP contribution in [0.4, 0.5) is 4.39 Å². The Morgan fingerprint density at radius 2 is 1.88 bits per heavy atom. The molecule has 0 saturated heterocycles. The monoisotopic (exact) mass is 379 g/mol. The minimum Gasteiger partial charge on any atom is -0.480 e. The lowest BCUT2D eigenvalue weighted by Crippen LogP contribution is -2.36. The predicted molar refractivity (Wildman–Crippen MR) is 95.5 cm³/mol. The highest BCUT2D eigenvalue weighted by Crippen LogP contribution is 2.25. The second kappa shape index (κ2) is 9.20. The van der Waals surface area contributed by atoms with E-state index in [-0.39, 0.29) is 19.0 Å². The van der Waals surface area contributed by atoms with E-state index in [0.29, 0.717) is 10.8 Å². The van der Waals surface area contributed by atoms with E-state index in [2.05, 4.69) is 5.32 Å². The molecule has 0 aliphatic rings. The van der Waals surface area contributed by atoms with Gasteiger partial charge in [0.2, 0.25) is 0 Å². The number of halogens is 2. The molecule has 0 unspecified atom stereocenters. The molecule has 1 N–H and O–H groups in total. The van der Waals surface area contributed by atoms with Gasteiger partial charge in [0.15, 0.2) is 12.7 Å². The molecule has 138 valence electrons. The zero-order valence-corrected chi connectivity index (χ0v) is 15.2. The average Bonchev–Trinajstić information content (AvgIpc) is 2.61. The lowest BCUT2D eigenvalue weighted by molar-refractivity contribution is -0.156. The summed E-state index contributed by atoms with van der Waals surface area (Å²) in [4.78, 5) is 23.8. The molecule has 0 radical (unpaired) electrons. The van der Waals surface area contributed by atoms with Gasteiger partial charge in [-0.05, 0) is 49.2 Å². The van der Waals surface area contributed by atoms with Crippen LogP contribution < -0.4 is 10.1 Å². The zero-order chi connectivity index (χ0) is 19.1. The lowest BCUT2D eigenvalue weighted by atomic mass is 10.2. The number of ether oxygens (including phenoxy) is 2. The van der Waals surface area contributed by atoms with Gasteiger partial charge in [0.25, 0.3) is 5.91 Å². The summed E-state index contributed by atoms with van der Waals surface area (Å²) >= 11 is 5.98. The van der Waals surface area contributed by atoms with Gasteiger partial charge in [0.1, 0.15) is 11.6 Å². The summed E-state index contributed by atoms with van der Waals surface area (Å²) < 4.78 is 23.2. The van der Waals surface area contributed by atoms with Crippen LogP contribution in [0, 0.1) is 12.7 Å². The van der Waals surface area contributed by atoms with Crippen molar-refractivity contribution in [2.45, 2.75) is 26.5 Å². The van der Waals surface area contributed by atoms with Crippen molar-refractivity contribution in [2.24, 2.45) is 0 Å². The van der Waals surface area contributed by atoms with Crippen LogP contribution in [0.2, 0.25) is 5.02 Å². The predicted octanol–water partition coefficient (Wildman–Crippen LogP) is 3.41. The Morgan fingerprint density at radius 3 is 2.58 bits per heavy atom. The van der Waals surface area contributed by atoms with Crippen LogP contribution in [0.25, 0.3) is 0 Å². The molecule has 0 aromatic heterocycles. The molecular formula is C19H19ClFNO4. The molecule has 0 aliphatic carbocycles. The number of rotatable bonds is 7. The normalized spacial score (nSPS) is 11.5. The summed E-state index contributed by atoms with van der Waals surface area (Å²) in [5.41, 5.74) is 1.67. The van der Waals surface area contributed by atoms with Crippen LogP contribution in [0.1, 0.15) is 18.1 Å². The SMILES string of the molecule is Cc1ccc(Cl)c(OCC(=O)O[C@@H](C)C(=O)NCc2ccc(F)cc2)c1. The van der Waals surface area contributed by atoms with E-state index in [4.69, 9.17) is 21.1 Å². The maximum absolute atomic E-state index is 12.8. The number of hydrogen-bond acceptors (Lipinski definition) is 4. The molecule has 2 aromatic rings. The van der Waals surface area contributed by atoms with Crippen molar-refractivity contribution in [2.75, 3.05) is 6.61 Å². The molecule has 2 rings (SSSR count). The molecule has 1 atom stereocenters. The molecule has 0 bridgehead atoms. The molecule has 1 amide bonds. The molecule has 5 nitrogen and oxygen atoms in total. The molecule has 0 spiro atoms. The van der Waals surface area contributed by atoms with E-state index in [1.165, 1.54) is 19.1 Å². The topological polar surface area (TPSA) is 64.6 Å². The first kappa shape index (κ1) is 19.7. The number of hydrogen-bond donors (Lipinski definition) is 1. The first-order valence-corrected chi connectivity index (χ1v) is 8.33. The Morgan fingerprint density at radius 1 is 1.19 bits per heavy atom. The maximum Gasteiger partial charge on any atom is 0.344 e. The van der Waals surface area contributed by atoms with Crippen LogP contribution in [-0.2, 0) is 20.9 Å². The molecule has 0 heterocycles. The Labute approximate surface area is 156 Å². The molecule has 0 saturated carbocycles. The first-order valence-electron chi connectivity index (χ1n) is 7.95. The summed E-state index contributed by atoms with van der Waals surface area (Å²) in [5, 5.41) is 3.00. The fourth-order valence-electron chi connectivity index (χ4n) is 2.08. The van der Waals surface area contributed by atoms with Gasteiger partial charge in [-0.2, -0.15) is 0 Å². The second-order valence-electron chi connectivity index (χ2n) is 5.70. The number of aryl methyl sites for hydroxylation is 1. The van der Waals surface area contributed by atoms with E-state index < -0.39 is 18.0 Å². The Balaban J connectivity index is 1.77. The molecule has 2 aromatic carbocycles. The Hall–Kier alpha value is -2.60. The third-order valence-electron chi connectivity index (χ3n) is 3.49. The van der Waals surface area contributed by atoms with Crippen molar-refractivity contribution in [1.82, 2.24) is 5.32 Å². The second-order valence-corrected chi connectivity index (χ2v) is 6.11.